The van der Waals surface area contributed by atoms with Crippen LogP contribution in [-0.4, -0.2) is 26.5 Å². The average molecular weight is 287 g/mol. The lowest BCUT2D eigenvalue weighted by molar-refractivity contribution is 0.848. The summed E-state index contributed by atoms with van der Waals surface area (Å²) in [6.07, 6.45) is 5.52. The highest BCUT2D eigenvalue weighted by Gasteiger charge is 2.05. The van der Waals surface area contributed by atoms with Gasteiger partial charge in [0, 0.05) is 24.0 Å². The number of H-pyrrole nitrogens is 1. The van der Waals surface area contributed by atoms with Gasteiger partial charge in [-0.2, -0.15) is 0 Å². The molecule has 0 atom stereocenters. The van der Waals surface area contributed by atoms with Crippen molar-refractivity contribution in [2.24, 2.45) is 0 Å². The van der Waals surface area contributed by atoms with Crippen LogP contribution in [0.2, 0.25) is 0 Å². The fraction of sp³-hybridized carbons (Fsp3) is 0.357. The van der Waals surface area contributed by atoms with E-state index in [2.05, 4.69) is 39.1 Å². The number of anilines is 1. The average Bonchev–Trinajstić information content (AvgIpc) is 3.03. The van der Waals surface area contributed by atoms with Crippen molar-refractivity contribution in [3.05, 3.63) is 34.2 Å². The lowest BCUT2D eigenvalue weighted by Gasteiger charge is -2.05. The van der Waals surface area contributed by atoms with Crippen molar-refractivity contribution in [1.29, 1.82) is 0 Å². The summed E-state index contributed by atoms with van der Waals surface area (Å²) in [7, 11) is 0. The van der Waals surface area contributed by atoms with Gasteiger partial charge in [-0.15, -0.1) is 11.3 Å². The lowest BCUT2D eigenvalue weighted by Crippen LogP contribution is -2.05. The monoisotopic (exact) mass is 287 g/mol. The molecular formula is C14H17N5S. The SMILES string of the molecule is Cc1nc(CCCNc2ncnc3cc[nH]c23)sc1C. The molecule has 0 saturated heterocycles. The number of aromatic amines is 1. The molecule has 5 nitrogen and oxygen atoms in total. The van der Waals surface area contributed by atoms with Crippen LogP contribution in [-0.2, 0) is 6.42 Å². The zero-order chi connectivity index (χ0) is 13.9. The van der Waals surface area contributed by atoms with Crippen LogP contribution in [0.4, 0.5) is 5.82 Å². The zero-order valence-electron chi connectivity index (χ0n) is 11.6. The Balaban J connectivity index is 1.56. The number of hydrogen-bond donors (Lipinski definition) is 2. The van der Waals surface area contributed by atoms with E-state index in [1.807, 2.05) is 12.3 Å². The third-order valence-corrected chi connectivity index (χ3v) is 4.41. The predicted octanol–water partition coefficient (Wildman–Crippen LogP) is 3.08. The third kappa shape index (κ3) is 2.65. The Morgan fingerprint density at radius 3 is 3.00 bits per heavy atom. The number of nitrogens with one attached hydrogen (secondary N) is 2. The first-order chi connectivity index (χ1) is 9.74. The first-order valence-corrected chi connectivity index (χ1v) is 7.50. The normalized spacial score (nSPS) is 11.1. The molecule has 0 amide bonds. The van der Waals surface area contributed by atoms with Gasteiger partial charge in [0.2, 0.25) is 0 Å². The summed E-state index contributed by atoms with van der Waals surface area (Å²) in [5.41, 5.74) is 3.06. The Hall–Kier alpha value is -1.95. The summed E-state index contributed by atoms with van der Waals surface area (Å²) in [5, 5.41) is 4.58. The number of fused-ring (bicyclic) bond motifs is 1. The molecule has 0 aliphatic carbocycles. The molecule has 0 spiro atoms. The van der Waals surface area contributed by atoms with E-state index in [1.165, 1.54) is 9.88 Å². The van der Waals surface area contributed by atoms with Gasteiger partial charge in [0.05, 0.1) is 16.2 Å². The molecule has 2 N–H and O–H groups in total. The van der Waals surface area contributed by atoms with Crippen molar-refractivity contribution in [3.63, 3.8) is 0 Å². The number of rotatable bonds is 5. The summed E-state index contributed by atoms with van der Waals surface area (Å²) in [6.45, 7) is 5.07. The van der Waals surface area contributed by atoms with Crippen molar-refractivity contribution < 1.29 is 0 Å². The Kier molecular flexibility index (Phi) is 3.64. The minimum Gasteiger partial charge on any atom is -0.368 e. The maximum absolute atomic E-state index is 4.56. The van der Waals surface area contributed by atoms with E-state index in [1.54, 1.807) is 17.7 Å². The van der Waals surface area contributed by atoms with E-state index in [0.717, 1.165) is 41.9 Å². The molecule has 0 aliphatic heterocycles. The molecule has 0 bridgehead atoms. The summed E-state index contributed by atoms with van der Waals surface area (Å²) < 4.78 is 0. The minimum atomic E-state index is 0.867. The van der Waals surface area contributed by atoms with E-state index in [-0.39, 0.29) is 0 Å². The molecule has 3 rings (SSSR count). The molecule has 20 heavy (non-hydrogen) atoms. The number of hydrogen-bond acceptors (Lipinski definition) is 5. The van der Waals surface area contributed by atoms with Gasteiger partial charge in [-0.3, -0.25) is 0 Å². The van der Waals surface area contributed by atoms with Gasteiger partial charge in [0.25, 0.3) is 0 Å². The summed E-state index contributed by atoms with van der Waals surface area (Å²) in [4.78, 5) is 17.5. The number of aryl methyl sites for hydroxylation is 3. The van der Waals surface area contributed by atoms with Crippen LogP contribution in [0.15, 0.2) is 18.6 Å². The topological polar surface area (TPSA) is 66.5 Å². The van der Waals surface area contributed by atoms with Gasteiger partial charge in [-0.05, 0) is 26.3 Å². The van der Waals surface area contributed by atoms with E-state index in [9.17, 15) is 0 Å². The fourth-order valence-electron chi connectivity index (χ4n) is 2.10. The second-order valence-electron chi connectivity index (χ2n) is 4.74. The molecular weight excluding hydrogens is 270 g/mol. The van der Waals surface area contributed by atoms with Gasteiger partial charge in [0.1, 0.15) is 11.8 Å². The van der Waals surface area contributed by atoms with E-state index >= 15 is 0 Å². The highest BCUT2D eigenvalue weighted by Crippen LogP contribution is 2.19. The highest BCUT2D eigenvalue weighted by atomic mass is 32.1. The number of aromatic nitrogens is 4. The van der Waals surface area contributed by atoms with Gasteiger partial charge < -0.3 is 10.3 Å². The van der Waals surface area contributed by atoms with Gasteiger partial charge in [-0.1, -0.05) is 0 Å². The summed E-state index contributed by atoms with van der Waals surface area (Å²) in [5.74, 6) is 0.867. The standard InChI is InChI=1S/C14H17N5S/c1-9-10(2)20-12(19-9)4-3-6-16-14-13-11(5-7-15-13)17-8-18-14/h5,7-8,15H,3-4,6H2,1-2H3,(H,16,17,18). The Bertz CT molecular complexity index is 696. The summed E-state index contributed by atoms with van der Waals surface area (Å²) >= 11 is 1.79. The summed E-state index contributed by atoms with van der Waals surface area (Å²) in [6, 6.07) is 1.95. The van der Waals surface area contributed by atoms with Crippen LogP contribution in [0, 0.1) is 13.8 Å². The smallest absolute Gasteiger partial charge is 0.153 e. The van der Waals surface area contributed by atoms with Crippen LogP contribution in [0.3, 0.4) is 0 Å². The van der Waals surface area contributed by atoms with Crippen LogP contribution >= 0.6 is 11.3 Å². The highest BCUT2D eigenvalue weighted by molar-refractivity contribution is 7.11. The largest absolute Gasteiger partial charge is 0.368 e. The first-order valence-electron chi connectivity index (χ1n) is 6.69. The van der Waals surface area contributed by atoms with Crippen LogP contribution in [0.1, 0.15) is 22.0 Å². The molecule has 0 unspecified atom stereocenters. The maximum atomic E-state index is 4.56. The van der Waals surface area contributed by atoms with Crippen molar-refractivity contribution in [2.45, 2.75) is 26.7 Å². The van der Waals surface area contributed by atoms with Gasteiger partial charge >= 0.3 is 0 Å². The Labute approximate surface area is 121 Å². The molecule has 0 fully saturated rings. The molecule has 3 aromatic heterocycles. The Morgan fingerprint density at radius 1 is 1.30 bits per heavy atom. The van der Waals surface area contributed by atoms with Crippen molar-refractivity contribution in [2.75, 3.05) is 11.9 Å². The molecule has 0 aromatic carbocycles. The second kappa shape index (κ2) is 5.58. The van der Waals surface area contributed by atoms with Crippen LogP contribution in [0.25, 0.3) is 11.0 Å². The molecule has 0 saturated carbocycles. The zero-order valence-corrected chi connectivity index (χ0v) is 12.4. The third-order valence-electron chi connectivity index (χ3n) is 3.28. The minimum absolute atomic E-state index is 0.867. The van der Waals surface area contributed by atoms with Crippen molar-refractivity contribution >= 4 is 28.2 Å². The second-order valence-corrected chi connectivity index (χ2v) is 6.03. The molecule has 3 heterocycles. The van der Waals surface area contributed by atoms with Gasteiger partial charge in [0.15, 0.2) is 5.82 Å². The van der Waals surface area contributed by atoms with Gasteiger partial charge in [-0.25, -0.2) is 15.0 Å². The quantitative estimate of drug-likeness (QED) is 0.708. The molecule has 6 heteroatoms. The van der Waals surface area contributed by atoms with E-state index in [4.69, 9.17) is 0 Å². The van der Waals surface area contributed by atoms with Crippen molar-refractivity contribution in [3.8, 4) is 0 Å². The lowest BCUT2D eigenvalue weighted by atomic mass is 10.3. The van der Waals surface area contributed by atoms with E-state index < -0.39 is 0 Å². The fourth-order valence-corrected chi connectivity index (χ4v) is 3.07. The van der Waals surface area contributed by atoms with Crippen LogP contribution in [0.5, 0.6) is 0 Å². The van der Waals surface area contributed by atoms with E-state index in [0.29, 0.717) is 0 Å². The molecule has 0 aliphatic rings. The first kappa shape index (κ1) is 13.1. The Morgan fingerprint density at radius 2 is 2.20 bits per heavy atom. The molecule has 104 valence electrons. The maximum Gasteiger partial charge on any atom is 0.153 e. The molecule has 0 radical (unpaired) electrons. The van der Waals surface area contributed by atoms with Crippen LogP contribution < -0.4 is 5.32 Å². The van der Waals surface area contributed by atoms with Crippen molar-refractivity contribution in [1.82, 2.24) is 19.9 Å². The number of thiazole rings is 1. The predicted molar refractivity (Wildman–Crippen MR) is 82.3 cm³/mol. The number of nitrogens with zero attached hydrogens (tertiary/aromatic N) is 3. The molecule has 3 aromatic rings.